The molecule has 0 aliphatic heterocycles. The van der Waals surface area contributed by atoms with E-state index in [0.29, 0.717) is 12.3 Å². The number of thioether (sulfide) groups is 1. The van der Waals surface area contributed by atoms with Gasteiger partial charge in [0.2, 0.25) is 5.91 Å². The van der Waals surface area contributed by atoms with Crippen molar-refractivity contribution in [3.63, 3.8) is 0 Å². The molecule has 0 bridgehead atoms. The number of carbonyl (C=O) groups is 1. The Morgan fingerprint density at radius 3 is 2.52 bits per heavy atom. The van der Waals surface area contributed by atoms with Gasteiger partial charge in [-0.15, -0.1) is 10.2 Å². The third kappa shape index (κ3) is 4.62. The Bertz CT molecular complexity index is 958. The molecule has 0 aliphatic rings. The molecule has 0 radical (unpaired) electrons. The zero-order valence-electron chi connectivity index (χ0n) is 17.2. The van der Waals surface area contributed by atoms with Gasteiger partial charge in [0, 0.05) is 13.6 Å². The molecule has 2 aromatic carbocycles. The molecule has 152 valence electrons. The Morgan fingerprint density at radius 1 is 1.14 bits per heavy atom. The lowest BCUT2D eigenvalue weighted by Crippen LogP contribution is -2.31. The van der Waals surface area contributed by atoms with Crippen molar-refractivity contribution in [2.45, 2.75) is 31.6 Å². The van der Waals surface area contributed by atoms with E-state index in [-0.39, 0.29) is 11.9 Å². The van der Waals surface area contributed by atoms with Crippen molar-refractivity contribution in [2.75, 3.05) is 19.9 Å². The highest BCUT2D eigenvalue weighted by Gasteiger charge is 2.20. The number of nitrogens with zero attached hydrogens (tertiary/aromatic N) is 4. The molecule has 0 fully saturated rings. The van der Waals surface area contributed by atoms with Crippen molar-refractivity contribution >= 4 is 17.7 Å². The third-order valence-electron chi connectivity index (χ3n) is 4.96. The van der Waals surface area contributed by atoms with E-state index in [1.807, 2.05) is 80.1 Å². The summed E-state index contributed by atoms with van der Waals surface area (Å²) < 4.78 is 7.47. The summed E-state index contributed by atoms with van der Waals surface area (Å²) in [5.74, 6) is 1.85. The minimum absolute atomic E-state index is 0.0116. The molecule has 0 N–H and O–H groups in total. The smallest absolute Gasteiger partial charge is 0.233 e. The van der Waals surface area contributed by atoms with E-state index in [0.717, 1.165) is 27.9 Å². The van der Waals surface area contributed by atoms with Gasteiger partial charge in [-0.05, 0) is 31.5 Å². The van der Waals surface area contributed by atoms with Crippen LogP contribution in [0.25, 0.3) is 11.4 Å². The average molecular weight is 411 g/mol. The molecule has 3 aromatic rings. The summed E-state index contributed by atoms with van der Waals surface area (Å²) in [6.45, 7) is 4.77. The molecule has 7 heteroatoms. The van der Waals surface area contributed by atoms with E-state index in [4.69, 9.17) is 4.74 Å². The lowest BCUT2D eigenvalue weighted by atomic mass is 10.1. The molecule has 0 saturated carbocycles. The standard InChI is InChI=1S/C22H26N4O2S/c1-5-26-21(18-13-9-10-14-19(18)28-4)23-24-22(26)29-15-20(27)25(3)16(2)17-11-7-6-8-12-17/h6-14,16H,5,15H2,1-4H3. The second-order valence-electron chi connectivity index (χ2n) is 6.63. The average Bonchev–Trinajstić information content (AvgIpc) is 3.19. The van der Waals surface area contributed by atoms with Crippen molar-refractivity contribution in [2.24, 2.45) is 0 Å². The van der Waals surface area contributed by atoms with Crippen molar-refractivity contribution < 1.29 is 9.53 Å². The van der Waals surface area contributed by atoms with Gasteiger partial charge in [-0.1, -0.05) is 54.2 Å². The Labute approximate surface area is 175 Å². The van der Waals surface area contributed by atoms with Gasteiger partial charge in [0.15, 0.2) is 11.0 Å². The van der Waals surface area contributed by atoms with Crippen LogP contribution in [0.3, 0.4) is 0 Å². The number of amides is 1. The summed E-state index contributed by atoms with van der Waals surface area (Å²) >= 11 is 1.41. The Balaban J connectivity index is 1.72. The zero-order chi connectivity index (χ0) is 20.8. The minimum atomic E-state index is 0.0116. The molecule has 1 heterocycles. The monoisotopic (exact) mass is 410 g/mol. The van der Waals surface area contributed by atoms with E-state index in [1.54, 1.807) is 12.0 Å². The summed E-state index contributed by atoms with van der Waals surface area (Å²) in [5.41, 5.74) is 2.00. The second-order valence-corrected chi connectivity index (χ2v) is 7.57. The van der Waals surface area contributed by atoms with Crippen LogP contribution in [0.4, 0.5) is 0 Å². The highest BCUT2D eigenvalue weighted by Crippen LogP contribution is 2.31. The number of rotatable bonds is 8. The Hall–Kier alpha value is -2.80. The summed E-state index contributed by atoms with van der Waals surface area (Å²) in [6.07, 6.45) is 0. The van der Waals surface area contributed by atoms with Gasteiger partial charge in [0.25, 0.3) is 0 Å². The van der Waals surface area contributed by atoms with Gasteiger partial charge < -0.3 is 14.2 Å². The van der Waals surface area contributed by atoms with Crippen molar-refractivity contribution in [3.05, 3.63) is 60.2 Å². The first kappa shape index (κ1) is 20.9. The number of methoxy groups -OCH3 is 1. The topological polar surface area (TPSA) is 60.2 Å². The van der Waals surface area contributed by atoms with E-state index >= 15 is 0 Å². The molecule has 3 rings (SSSR count). The van der Waals surface area contributed by atoms with Gasteiger partial charge in [-0.2, -0.15) is 0 Å². The maximum Gasteiger partial charge on any atom is 0.233 e. The van der Waals surface area contributed by atoms with Crippen molar-refractivity contribution in [1.29, 1.82) is 0 Å². The van der Waals surface area contributed by atoms with Crippen LogP contribution < -0.4 is 4.74 Å². The molecule has 6 nitrogen and oxygen atoms in total. The number of carbonyl (C=O) groups excluding carboxylic acids is 1. The predicted octanol–water partition coefficient (Wildman–Crippen LogP) is 4.29. The minimum Gasteiger partial charge on any atom is -0.496 e. The van der Waals surface area contributed by atoms with Gasteiger partial charge in [-0.25, -0.2) is 0 Å². The van der Waals surface area contributed by atoms with Gasteiger partial charge in [-0.3, -0.25) is 4.79 Å². The normalized spacial score (nSPS) is 11.9. The molecular formula is C22H26N4O2S. The lowest BCUT2D eigenvalue weighted by Gasteiger charge is -2.25. The fourth-order valence-corrected chi connectivity index (χ4v) is 4.03. The molecule has 0 spiro atoms. The van der Waals surface area contributed by atoms with Crippen LogP contribution >= 0.6 is 11.8 Å². The van der Waals surface area contributed by atoms with Crippen molar-refractivity contribution in [3.8, 4) is 17.1 Å². The molecule has 29 heavy (non-hydrogen) atoms. The summed E-state index contributed by atoms with van der Waals surface area (Å²) in [6, 6.07) is 17.8. The van der Waals surface area contributed by atoms with Crippen LogP contribution in [0.5, 0.6) is 5.75 Å². The first-order valence-corrected chi connectivity index (χ1v) is 10.5. The second kappa shape index (κ2) is 9.60. The van der Waals surface area contributed by atoms with E-state index in [1.165, 1.54) is 11.8 Å². The predicted molar refractivity (Wildman–Crippen MR) is 116 cm³/mol. The van der Waals surface area contributed by atoms with Gasteiger partial charge in [0.05, 0.1) is 24.5 Å². The number of para-hydroxylation sites is 1. The van der Waals surface area contributed by atoms with Crippen LogP contribution in [0.2, 0.25) is 0 Å². The first-order chi connectivity index (χ1) is 14.1. The van der Waals surface area contributed by atoms with Crippen LogP contribution in [-0.2, 0) is 11.3 Å². The lowest BCUT2D eigenvalue weighted by molar-refractivity contribution is -0.128. The number of benzene rings is 2. The van der Waals surface area contributed by atoms with Crippen LogP contribution in [0.1, 0.15) is 25.5 Å². The maximum absolute atomic E-state index is 12.7. The fourth-order valence-electron chi connectivity index (χ4n) is 3.11. The number of ether oxygens (including phenoxy) is 1. The molecule has 1 unspecified atom stereocenters. The van der Waals surface area contributed by atoms with E-state index in [2.05, 4.69) is 10.2 Å². The Kier molecular flexibility index (Phi) is 6.93. The third-order valence-corrected chi connectivity index (χ3v) is 5.91. The summed E-state index contributed by atoms with van der Waals surface area (Å²) in [7, 11) is 3.48. The largest absolute Gasteiger partial charge is 0.496 e. The molecule has 0 aliphatic carbocycles. The summed E-state index contributed by atoms with van der Waals surface area (Å²) in [5, 5.41) is 9.41. The molecule has 1 amide bonds. The van der Waals surface area contributed by atoms with Crippen LogP contribution in [0, 0.1) is 0 Å². The molecular weight excluding hydrogens is 384 g/mol. The first-order valence-electron chi connectivity index (χ1n) is 9.56. The number of aromatic nitrogens is 3. The van der Waals surface area contributed by atoms with E-state index < -0.39 is 0 Å². The maximum atomic E-state index is 12.7. The molecule has 1 aromatic heterocycles. The fraction of sp³-hybridized carbons (Fsp3) is 0.318. The highest BCUT2D eigenvalue weighted by atomic mass is 32.2. The van der Waals surface area contributed by atoms with E-state index in [9.17, 15) is 4.79 Å². The molecule has 1 atom stereocenters. The van der Waals surface area contributed by atoms with Gasteiger partial charge in [0.1, 0.15) is 5.75 Å². The molecule has 0 saturated heterocycles. The number of hydrogen-bond donors (Lipinski definition) is 0. The van der Waals surface area contributed by atoms with Crippen molar-refractivity contribution in [1.82, 2.24) is 19.7 Å². The van der Waals surface area contributed by atoms with Gasteiger partial charge >= 0.3 is 0 Å². The summed E-state index contributed by atoms with van der Waals surface area (Å²) in [4.78, 5) is 14.5. The van der Waals surface area contributed by atoms with Crippen LogP contribution in [-0.4, -0.2) is 45.5 Å². The highest BCUT2D eigenvalue weighted by molar-refractivity contribution is 7.99. The zero-order valence-corrected chi connectivity index (χ0v) is 18.0. The quantitative estimate of drug-likeness (QED) is 0.519. The number of hydrogen-bond acceptors (Lipinski definition) is 5. The van der Waals surface area contributed by atoms with Crippen LogP contribution in [0.15, 0.2) is 59.8 Å². The Morgan fingerprint density at radius 2 is 1.83 bits per heavy atom. The SMILES string of the molecule is CCn1c(SCC(=O)N(C)C(C)c2ccccc2)nnc1-c1ccccc1OC.